The van der Waals surface area contributed by atoms with Crippen molar-refractivity contribution < 1.29 is 14.3 Å². The second-order valence-electron chi connectivity index (χ2n) is 5.26. The van der Waals surface area contributed by atoms with E-state index in [-0.39, 0.29) is 5.78 Å². The summed E-state index contributed by atoms with van der Waals surface area (Å²) in [6.07, 6.45) is 3.74. The summed E-state index contributed by atoms with van der Waals surface area (Å²) >= 11 is 0. The number of ether oxygens (including phenoxy) is 2. The molecule has 0 spiro atoms. The molecule has 0 aliphatic carbocycles. The lowest BCUT2D eigenvalue weighted by Crippen LogP contribution is -2.03. The van der Waals surface area contributed by atoms with Crippen LogP contribution in [-0.4, -0.2) is 17.9 Å². The zero-order valence-electron chi connectivity index (χ0n) is 13.3. The van der Waals surface area contributed by atoms with Crippen LogP contribution in [0.25, 0.3) is 0 Å². The van der Waals surface area contributed by atoms with Crippen molar-refractivity contribution in [2.24, 2.45) is 0 Å². The first kappa shape index (κ1) is 15.7. The van der Waals surface area contributed by atoms with Crippen molar-refractivity contribution in [2.75, 3.05) is 7.11 Å². The molecule has 4 nitrogen and oxygen atoms in total. The van der Waals surface area contributed by atoms with Gasteiger partial charge in [-0.3, -0.25) is 9.78 Å². The number of methoxy groups -OCH3 is 1. The largest absolute Gasteiger partial charge is 0.497 e. The number of carbonyl (C=O) groups is 1. The van der Waals surface area contributed by atoms with Gasteiger partial charge in [0.2, 0.25) is 0 Å². The normalized spacial score (nSPS) is 10.2. The average molecular weight is 319 g/mol. The first-order chi connectivity index (χ1) is 11.7. The van der Waals surface area contributed by atoms with E-state index >= 15 is 0 Å². The van der Waals surface area contributed by atoms with Gasteiger partial charge in [-0.15, -0.1) is 0 Å². The highest BCUT2D eigenvalue weighted by Gasteiger charge is 2.07. The van der Waals surface area contributed by atoms with Crippen LogP contribution in [0.15, 0.2) is 73.1 Å². The molecule has 0 bridgehead atoms. The van der Waals surface area contributed by atoms with Crippen LogP contribution in [0.4, 0.5) is 0 Å². The standard InChI is InChI=1S/C20H17NO3/c1-23-17-8-10-19(11-9-17)24-18-6-4-16(5-7-18)20(22)13-15-3-2-12-21-14-15/h2-12,14H,13H2,1H3. The Labute approximate surface area is 140 Å². The summed E-state index contributed by atoms with van der Waals surface area (Å²) in [4.78, 5) is 16.3. The molecule has 0 aliphatic rings. The molecule has 0 aliphatic heterocycles. The SMILES string of the molecule is COc1ccc(Oc2ccc(C(=O)Cc3cccnc3)cc2)cc1. The molecular formula is C20H17NO3. The van der Waals surface area contributed by atoms with E-state index in [4.69, 9.17) is 9.47 Å². The number of pyridine rings is 1. The lowest BCUT2D eigenvalue weighted by atomic mass is 10.0. The first-order valence-electron chi connectivity index (χ1n) is 7.59. The Balaban J connectivity index is 1.65. The molecule has 0 radical (unpaired) electrons. The Bertz CT molecular complexity index is 797. The second-order valence-corrected chi connectivity index (χ2v) is 5.26. The third kappa shape index (κ3) is 3.98. The fourth-order valence-corrected chi connectivity index (χ4v) is 2.28. The lowest BCUT2D eigenvalue weighted by Gasteiger charge is -2.07. The minimum Gasteiger partial charge on any atom is -0.497 e. The van der Waals surface area contributed by atoms with Crippen LogP contribution >= 0.6 is 0 Å². The fourth-order valence-electron chi connectivity index (χ4n) is 2.28. The van der Waals surface area contributed by atoms with Gasteiger partial charge in [0.15, 0.2) is 5.78 Å². The third-order valence-electron chi connectivity index (χ3n) is 3.56. The van der Waals surface area contributed by atoms with Crippen molar-refractivity contribution in [1.29, 1.82) is 0 Å². The molecule has 1 heterocycles. The maximum atomic E-state index is 12.3. The summed E-state index contributed by atoms with van der Waals surface area (Å²) in [5.41, 5.74) is 1.56. The molecule has 3 aromatic rings. The Morgan fingerprint density at radius 2 is 1.54 bits per heavy atom. The van der Waals surface area contributed by atoms with Crippen molar-refractivity contribution >= 4 is 5.78 Å². The Morgan fingerprint density at radius 3 is 2.12 bits per heavy atom. The molecule has 0 saturated heterocycles. The summed E-state index contributed by atoms with van der Waals surface area (Å²) in [6.45, 7) is 0. The summed E-state index contributed by atoms with van der Waals surface area (Å²) < 4.78 is 10.9. The van der Waals surface area contributed by atoms with E-state index in [0.29, 0.717) is 23.5 Å². The zero-order valence-corrected chi connectivity index (χ0v) is 13.3. The smallest absolute Gasteiger partial charge is 0.167 e. The van der Waals surface area contributed by atoms with Crippen molar-refractivity contribution in [1.82, 2.24) is 4.98 Å². The number of Topliss-reactive ketones (excluding diaryl/α,β-unsaturated/α-hetero) is 1. The number of hydrogen-bond acceptors (Lipinski definition) is 4. The monoisotopic (exact) mass is 319 g/mol. The predicted molar refractivity (Wildman–Crippen MR) is 91.8 cm³/mol. The van der Waals surface area contributed by atoms with Crippen LogP contribution in [0, 0.1) is 0 Å². The summed E-state index contributed by atoms with van der Waals surface area (Å²) in [6, 6.07) is 18.2. The van der Waals surface area contributed by atoms with E-state index < -0.39 is 0 Å². The maximum absolute atomic E-state index is 12.3. The van der Waals surface area contributed by atoms with Crippen molar-refractivity contribution in [3.8, 4) is 17.2 Å². The summed E-state index contributed by atoms with van der Waals surface area (Å²) in [5.74, 6) is 2.22. The average Bonchev–Trinajstić information content (AvgIpc) is 2.64. The molecule has 3 rings (SSSR count). The number of nitrogens with zero attached hydrogens (tertiary/aromatic N) is 1. The van der Waals surface area contributed by atoms with Gasteiger partial charge in [-0.1, -0.05) is 6.07 Å². The molecule has 2 aromatic carbocycles. The number of rotatable bonds is 6. The van der Waals surface area contributed by atoms with Crippen LogP contribution in [0.3, 0.4) is 0 Å². The summed E-state index contributed by atoms with van der Waals surface area (Å²) in [7, 11) is 1.62. The number of benzene rings is 2. The van der Waals surface area contributed by atoms with E-state index in [1.165, 1.54) is 0 Å². The van der Waals surface area contributed by atoms with E-state index in [2.05, 4.69) is 4.98 Å². The highest BCUT2D eigenvalue weighted by molar-refractivity contribution is 5.97. The lowest BCUT2D eigenvalue weighted by molar-refractivity contribution is 0.0993. The third-order valence-corrected chi connectivity index (χ3v) is 3.56. The van der Waals surface area contributed by atoms with Gasteiger partial charge in [0.05, 0.1) is 7.11 Å². The molecule has 1 aromatic heterocycles. The minimum atomic E-state index is 0.0546. The van der Waals surface area contributed by atoms with Gasteiger partial charge >= 0.3 is 0 Å². The number of aromatic nitrogens is 1. The maximum Gasteiger partial charge on any atom is 0.167 e. The van der Waals surface area contributed by atoms with Gasteiger partial charge in [-0.2, -0.15) is 0 Å². The van der Waals surface area contributed by atoms with Crippen LogP contribution < -0.4 is 9.47 Å². The van der Waals surface area contributed by atoms with Gasteiger partial charge in [-0.05, 0) is 60.2 Å². The van der Waals surface area contributed by atoms with Gasteiger partial charge in [0.25, 0.3) is 0 Å². The zero-order chi connectivity index (χ0) is 16.8. The van der Waals surface area contributed by atoms with Gasteiger partial charge in [0, 0.05) is 24.4 Å². The molecule has 0 N–H and O–H groups in total. The Kier molecular flexibility index (Phi) is 4.87. The molecule has 24 heavy (non-hydrogen) atoms. The van der Waals surface area contributed by atoms with Crippen molar-refractivity contribution in [3.63, 3.8) is 0 Å². The quantitative estimate of drug-likeness (QED) is 0.635. The van der Waals surface area contributed by atoms with Gasteiger partial charge in [0.1, 0.15) is 17.2 Å². The number of hydrogen-bond donors (Lipinski definition) is 0. The van der Waals surface area contributed by atoms with Crippen molar-refractivity contribution in [3.05, 3.63) is 84.2 Å². The van der Waals surface area contributed by atoms with Crippen LogP contribution in [0.1, 0.15) is 15.9 Å². The Hall–Kier alpha value is -3.14. The fraction of sp³-hybridized carbons (Fsp3) is 0.100. The highest BCUT2D eigenvalue weighted by Crippen LogP contribution is 2.24. The molecule has 0 amide bonds. The van der Waals surface area contributed by atoms with E-state index in [1.54, 1.807) is 43.8 Å². The van der Waals surface area contributed by atoms with Crippen molar-refractivity contribution in [2.45, 2.75) is 6.42 Å². The van der Waals surface area contributed by atoms with Gasteiger partial charge in [-0.25, -0.2) is 0 Å². The Morgan fingerprint density at radius 1 is 0.917 bits per heavy atom. The molecule has 0 fully saturated rings. The molecule has 4 heteroatoms. The summed E-state index contributed by atoms with van der Waals surface area (Å²) in [5, 5.41) is 0. The van der Waals surface area contributed by atoms with E-state index in [1.807, 2.05) is 36.4 Å². The van der Waals surface area contributed by atoms with Crippen LogP contribution in [0.2, 0.25) is 0 Å². The van der Waals surface area contributed by atoms with Crippen LogP contribution in [0.5, 0.6) is 17.2 Å². The predicted octanol–water partition coefficient (Wildman–Crippen LogP) is 4.31. The molecule has 120 valence electrons. The number of carbonyl (C=O) groups excluding carboxylic acids is 1. The molecule has 0 saturated carbocycles. The van der Waals surface area contributed by atoms with E-state index in [9.17, 15) is 4.79 Å². The molecule has 0 unspecified atom stereocenters. The topological polar surface area (TPSA) is 48.4 Å². The molecular weight excluding hydrogens is 302 g/mol. The first-order valence-corrected chi connectivity index (χ1v) is 7.59. The molecule has 0 atom stereocenters. The highest BCUT2D eigenvalue weighted by atomic mass is 16.5. The second kappa shape index (κ2) is 7.42. The van der Waals surface area contributed by atoms with Gasteiger partial charge < -0.3 is 9.47 Å². The van der Waals surface area contributed by atoms with E-state index in [0.717, 1.165) is 11.3 Å². The van der Waals surface area contributed by atoms with Crippen LogP contribution in [-0.2, 0) is 6.42 Å². The number of ketones is 1. The minimum absolute atomic E-state index is 0.0546.